The third kappa shape index (κ3) is 4.88. The van der Waals surface area contributed by atoms with Crippen LogP contribution in [-0.4, -0.2) is 48.9 Å². The standard InChI is InChI=1S/C13H16.C10H14N2OS/c1-3-11-6-5-7-12(10-11)13(4-2)8-9-13;1-11-3-5-12(6-4-11)10(13)9-2-7-14-8-9/h4-7,10H,2-3,8-9H2,1H3;2,7-8H,3-6H2,1H3. The molecule has 1 aliphatic carbocycles. The molecule has 27 heavy (non-hydrogen) atoms. The molecule has 1 aliphatic heterocycles. The monoisotopic (exact) mass is 382 g/mol. The van der Waals surface area contributed by atoms with E-state index >= 15 is 0 Å². The Labute approximate surface area is 167 Å². The molecule has 144 valence electrons. The second kappa shape index (κ2) is 8.85. The predicted octanol–water partition coefficient (Wildman–Crippen LogP) is 4.60. The van der Waals surface area contributed by atoms with Crippen LogP contribution in [0, 0.1) is 0 Å². The number of piperazine rings is 1. The highest BCUT2D eigenvalue weighted by molar-refractivity contribution is 7.08. The van der Waals surface area contributed by atoms with Crippen LogP contribution in [0.4, 0.5) is 0 Å². The summed E-state index contributed by atoms with van der Waals surface area (Å²) < 4.78 is 0. The largest absolute Gasteiger partial charge is 0.336 e. The second-order valence-corrected chi connectivity index (χ2v) is 8.30. The lowest BCUT2D eigenvalue weighted by Crippen LogP contribution is -2.47. The van der Waals surface area contributed by atoms with Crippen molar-refractivity contribution in [2.75, 3.05) is 33.2 Å². The SMILES string of the molecule is C=CC1(c2cccc(CC)c2)CC1.CN1CCN(C(=O)c2ccsc2)CC1. The first-order chi connectivity index (χ1) is 13.1. The normalized spacial score (nSPS) is 18.4. The molecule has 0 N–H and O–H groups in total. The average molecular weight is 383 g/mol. The van der Waals surface area contributed by atoms with Crippen molar-refractivity contribution in [3.63, 3.8) is 0 Å². The number of nitrogens with zero attached hydrogens (tertiary/aromatic N) is 2. The Bertz CT molecular complexity index is 756. The van der Waals surface area contributed by atoms with Crippen LogP contribution in [0.1, 0.15) is 41.3 Å². The van der Waals surface area contributed by atoms with Crippen molar-refractivity contribution in [3.05, 3.63) is 70.4 Å². The first-order valence-corrected chi connectivity index (χ1v) is 10.8. The second-order valence-electron chi connectivity index (χ2n) is 7.52. The molecule has 0 spiro atoms. The number of carbonyl (C=O) groups is 1. The van der Waals surface area contributed by atoms with Crippen LogP contribution in [0.25, 0.3) is 0 Å². The summed E-state index contributed by atoms with van der Waals surface area (Å²) in [5.74, 6) is 0.180. The number of allylic oxidation sites excluding steroid dienone is 1. The maximum Gasteiger partial charge on any atom is 0.254 e. The first-order valence-electron chi connectivity index (χ1n) is 9.81. The third-order valence-electron chi connectivity index (χ3n) is 5.65. The minimum Gasteiger partial charge on any atom is -0.336 e. The molecule has 0 radical (unpaired) electrons. The van der Waals surface area contributed by atoms with Crippen molar-refractivity contribution >= 4 is 17.2 Å². The van der Waals surface area contributed by atoms with E-state index in [1.807, 2.05) is 21.7 Å². The van der Waals surface area contributed by atoms with Crippen molar-refractivity contribution in [2.24, 2.45) is 0 Å². The van der Waals surface area contributed by atoms with E-state index in [2.05, 4.69) is 55.8 Å². The third-order valence-corrected chi connectivity index (χ3v) is 6.33. The van der Waals surface area contributed by atoms with Gasteiger partial charge in [-0.1, -0.05) is 37.3 Å². The van der Waals surface area contributed by atoms with Gasteiger partial charge in [-0.25, -0.2) is 0 Å². The molecule has 0 unspecified atom stereocenters. The Kier molecular flexibility index (Phi) is 6.51. The first kappa shape index (κ1) is 19.8. The van der Waals surface area contributed by atoms with Crippen molar-refractivity contribution in [1.29, 1.82) is 0 Å². The molecule has 1 amide bonds. The number of aryl methyl sites for hydroxylation is 1. The van der Waals surface area contributed by atoms with E-state index in [9.17, 15) is 4.79 Å². The molecule has 1 aromatic heterocycles. The van der Waals surface area contributed by atoms with Crippen LogP contribution in [0.15, 0.2) is 53.7 Å². The van der Waals surface area contributed by atoms with E-state index in [-0.39, 0.29) is 5.91 Å². The van der Waals surface area contributed by atoms with Crippen LogP contribution < -0.4 is 0 Å². The molecule has 1 aromatic carbocycles. The van der Waals surface area contributed by atoms with Crippen LogP contribution in [-0.2, 0) is 11.8 Å². The molecule has 1 saturated carbocycles. The molecule has 2 aromatic rings. The zero-order chi connectivity index (χ0) is 19.3. The minimum atomic E-state index is 0.180. The lowest BCUT2D eigenvalue weighted by Gasteiger charge is -2.32. The highest BCUT2D eigenvalue weighted by atomic mass is 32.1. The summed E-state index contributed by atoms with van der Waals surface area (Å²) in [7, 11) is 2.09. The quantitative estimate of drug-likeness (QED) is 0.722. The van der Waals surface area contributed by atoms with Crippen LogP contribution in [0.3, 0.4) is 0 Å². The Morgan fingerprint density at radius 1 is 1.22 bits per heavy atom. The van der Waals surface area contributed by atoms with Gasteiger partial charge in [0, 0.05) is 37.0 Å². The van der Waals surface area contributed by atoms with Gasteiger partial charge in [-0.15, -0.1) is 6.58 Å². The summed E-state index contributed by atoms with van der Waals surface area (Å²) in [5.41, 5.74) is 4.07. The molecule has 2 aliphatic rings. The Morgan fingerprint density at radius 3 is 2.52 bits per heavy atom. The zero-order valence-corrected chi connectivity index (χ0v) is 17.3. The number of hydrogen-bond acceptors (Lipinski definition) is 3. The molecule has 0 bridgehead atoms. The number of likely N-dealkylation sites (N-methyl/N-ethyl adjacent to an activating group) is 1. The fourth-order valence-electron chi connectivity index (χ4n) is 3.42. The van der Waals surface area contributed by atoms with Gasteiger partial charge in [0.2, 0.25) is 0 Å². The van der Waals surface area contributed by atoms with Gasteiger partial charge in [0.1, 0.15) is 0 Å². The van der Waals surface area contributed by atoms with E-state index in [1.54, 1.807) is 11.3 Å². The van der Waals surface area contributed by atoms with Gasteiger partial charge < -0.3 is 9.80 Å². The van der Waals surface area contributed by atoms with E-state index < -0.39 is 0 Å². The van der Waals surface area contributed by atoms with Gasteiger partial charge in [-0.05, 0) is 48.9 Å². The minimum absolute atomic E-state index is 0.180. The molecular weight excluding hydrogens is 352 g/mol. The summed E-state index contributed by atoms with van der Waals surface area (Å²) in [6.45, 7) is 9.80. The Balaban J connectivity index is 0.000000156. The topological polar surface area (TPSA) is 23.6 Å². The van der Waals surface area contributed by atoms with Crippen molar-refractivity contribution in [2.45, 2.75) is 31.6 Å². The highest BCUT2D eigenvalue weighted by Crippen LogP contribution is 2.49. The number of amides is 1. The summed E-state index contributed by atoms with van der Waals surface area (Å²) in [6, 6.07) is 10.8. The summed E-state index contributed by atoms with van der Waals surface area (Å²) in [6.07, 6.45) is 5.80. The van der Waals surface area contributed by atoms with Gasteiger partial charge in [-0.3, -0.25) is 4.79 Å². The van der Waals surface area contributed by atoms with E-state index in [4.69, 9.17) is 0 Å². The fourth-order valence-corrected chi connectivity index (χ4v) is 4.05. The van der Waals surface area contributed by atoms with Gasteiger partial charge in [-0.2, -0.15) is 11.3 Å². The molecule has 2 fully saturated rings. The summed E-state index contributed by atoms with van der Waals surface area (Å²) in [5, 5.41) is 3.87. The molecule has 4 rings (SSSR count). The number of hydrogen-bond donors (Lipinski definition) is 0. The average Bonchev–Trinajstić information content (AvgIpc) is 3.33. The van der Waals surface area contributed by atoms with Crippen LogP contribution in [0.5, 0.6) is 0 Å². The number of carbonyl (C=O) groups excluding carboxylic acids is 1. The smallest absolute Gasteiger partial charge is 0.254 e. The molecule has 0 atom stereocenters. The van der Waals surface area contributed by atoms with E-state index in [1.165, 1.54) is 24.0 Å². The lowest BCUT2D eigenvalue weighted by molar-refractivity contribution is 0.0664. The van der Waals surface area contributed by atoms with Gasteiger partial charge in [0.25, 0.3) is 5.91 Å². The van der Waals surface area contributed by atoms with Gasteiger partial charge in [0.05, 0.1) is 5.56 Å². The van der Waals surface area contributed by atoms with Crippen LogP contribution >= 0.6 is 11.3 Å². The number of thiophene rings is 1. The molecular formula is C23H30N2OS. The summed E-state index contributed by atoms with van der Waals surface area (Å²) >= 11 is 1.57. The van der Waals surface area contributed by atoms with Crippen LogP contribution in [0.2, 0.25) is 0 Å². The summed E-state index contributed by atoms with van der Waals surface area (Å²) in [4.78, 5) is 16.1. The molecule has 4 heteroatoms. The Hall–Kier alpha value is -1.91. The molecule has 3 nitrogen and oxygen atoms in total. The van der Waals surface area contributed by atoms with Gasteiger partial charge >= 0.3 is 0 Å². The van der Waals surface area contributed by atoms with Crippen molar-refractivity contribution < 1.29 is 4.79 Å². The van der Waals surface area contributed by atoms with Crippen molar-refractivity contribution in [1.82, 2.24) is 9.80 Å². The maximum absolute atomic E-state index is 11.9. The van der Waals surface area contributed by atoms with E-state index in [0.717, 1.165) is 38.2 Å². The lowest BCUT2D eigenvalue weighted by atomic mass is 9.94. The van der Waals surface area contributed by atoms with Gasteiger partial charge in [0.15, 0.2) is 0 Å². The predicted molar refractivity (Wildman–Crippen MR) is 115 cm³/mol. The van der Waals surface area contributed by atoms with E-state index in [0.29, 0.717) is 5.41 Å². The molecule has 2 heterocycles. The maximum atomic E-state index is 11.9. The Morgan fingerprint density at radius 2 is 1.96 bits per heavy atom. The number of rotatable bonds is 4. The zero-order valence-electron chi connectivity index (χ0n) is 16.5. The highest BCUT2D eigenvalue weighted by Gasteiger charge is 2.40. The fraction of sp³-hybridized carbons (Fsp3) is 0.435. The molecule has 1 saturated heterocycles. The number of benzene rings is 1. The van der Waals surface area contributed by atoms with Crippen molar-refractivity contribution in [3.8, 4) is 0 Å².